The first-order valence-corrected chi connectivity index (χ1v) is 12.7. The van der Waals surface area contributed by atoms with Crippen LogP contribution in [0.5, 0.6) is 11.5 Å². The summed E-state index contributed by atoms with van der Waals surface area (Å²) in [5.41, 5.74) is 4.23. The second-order valence-corrected chi connectivity index (χ2v) is 9.66. The Hall–Kier alpha value is -3.31. The summed E-state index contributed by atoms with van der Waals surface area (Å²) in [5.74, 6) is -1.82. The molecule has 0 bridgehead atoms. The van der Waals surface area contributed by atoms with Crippen LogP contribution in [0.1, 0.15) is 11.1 Å². The molecule has 3 aromatic carbocycles. The molecule has 3 aromatic rings. The van der Waals surface area contributed by atoms with E-state index < -0.39 is 17.7 Å². The van der Waals surface area contributed by atoms with Crippen LogP contribution in [0.3, 0.4) is 0 Å². The van der Waals surface area contributed by atoms with Gasteiger partial charge in [0, 0.05) is 10.7 Å². The fraction of sp³-hybridized carbons (Fsp3) is 0.120. The number of carbonyl (C=O) groups is 3. The van der Waals surface area contributed by atoms with Crippen LogP contribution in [0.4, 0.5) is 11.4 Å². The quantitative estimate of drug-likeness (QED) is 0.162. The molecule has 198 valence electrons. The lowest BCUT2D eigenvalue weighted by atomic mass is 10.2. The van der Waals surface area contributed by atoms with Gasteiger partial charge in [0.25, 0.3) is 5.91 Å². The first-order chi connectivity index (χ1) is 18.1. The number of aryl methyl sites for hydroxylation is 1. The van der Waals surface area contributed by atoms with Gasteiger partial charge in [0.05, 0.1) is 33.5 Å². The zero-order chi connectivity index (χ0) is 27.8. The van der Waals surface area contributed by atoms with E-state index in [1.807, 2.05) is 6.92 Å². The Labute approximate surface area is 241 Å². The van der Waals surface area contributed by atoms with Gasteiger partial charge in [-0.3, -0.25) is 14.4 Å². The number of hydrogen-bond acceptors (Lipinski definition) is 6. The molecule has 0 aliphatic carbocycles. The van der Waals surface area contributed by atoms with Crippen molar-refractivity contribution in [3.8, 4) is 11.5 Å². The lowest BCUT2D eigenvalue weighted by Crippen LogP contribution is -2.32. The minimum Gasteiger partial charge on any atom is -0.493 e. The number of hydrazone groups is 1. The van der Waals surface area contributed by atoms with Gasteiger partial charge in [0.15, 0.2) is 18.1 Å². The summed E-state index contributed by atoms with van der Waals surface area (Å²) in [7, 11) is 1.43. The molecule has 0 atom stereocenters. The number of carbonyl (C=O) groups excluding carboxylic acids is 3. The van der Waals surface area contributed by atoms with Crippen molar-refractivity contribution in [2.45, 2.75) is 6.92 Å². The van der Waals surface area contributed by atoms with Gasteiger partial charge in [-0.15, -0.1) is 0 Å². The Kier molecular flexibility index (Phi) is 10.4. The fourth-order valence-corrected chi connectivity index (χ4v) is 4.10. The van der Waals surface area contributed by atoms with E-state index in [0.29, 0.717) is 26.5 Å². The Balaban J connectivity index is 1.60. The van der Waals surface area contributed by atoms with Crippen LogP contribution in [0, 0.1) is 6.92 Å². The summed E-state index contributed by atoms with van der Waals surface area (Å²) >= 11 is 21.3. The number of hydrogen-bond donors (Lipinski definition) is 3. The fourth-order valence-electron chi connectivity index (χ4n) is 3.00. The summed E-state index contributed by atoms with van der Waals surface area (Å²) in [4.78, 5) is 36.6. The maximum absolute atomic E-state index is 12.4. The molecule has 0 aliphatic rings. The van der Waals surface area contributed by atoms with E-state index in [1.165, 1.54) is 19.4 Å². The average Bonchev–Trinajstić information content (AvgIpc) is 2.87. The van der Waals surface area contributed by atoms with E-state index in [9.17, 15) is 14.4 Å². The molecule has 38 heavy (non-hydrogen) atoms. The highest BCUT2D eigenvalue weighted by atomic mass is 79.9. The van der Waals surface area contributed by atoms with Crippen molar-refractivity contribution in [1.82, 2.24) is 5.43 Å². The van der Waals surface area contributed by atoms with Gasteiger partial charge in [-0.25, -0.2) is 5.43 Å². The average molecular weight is 643 g/mol. The minimum atomic E-state index is -1.02. The molecule has 0 saturated heterocycles. The van der Waals surface area contributed by atoms with Crippen molar-refractivity contribution in [3.05, 3.63) is 79.2 Å². The number of halogens is 4. The molecule has 0 radical (unpaired) electrons. The van der Waals surface area contributed by atoms with Gasteiger partial charge in [0.1, 0.15) is 0 Å². The molecule has 9 nitrogen and oxygen atoms in total. The third-order valence-corrected chi connectivity index (χ3v) is 6.50. The topological polar surface area (TPSA) is 118 Å². The van der Waals surface area contributed by atoms with Crippen LogP contribution in [0.25, 0.3) is 0 Å². The Bertz CT molecular complexity index is 1420. The van der Waals surface area contributed by atoms with Gasteiger partial charge in [-0.1, -0.05) is 46.9 Å². The molecule has 0 unspecified atom stereocenters. The molecule has 0 heterocycles. The third-order valence-electron chi connectivity index (χ3n) is 4.86. The second kappa shape index (κ2) is 13.5. The molecule has 0 fully saturated rings. The summed E-state index contributed by atoms with van der Waals surface area (Å²) in [6.07, 6.45) is 1.29. The van der Waals surface area contributed by atoms with Crippen molar-refractivity contribution in [2.75, 3.05) is 24.4 Å². The van der Waals surface area contributed by atoms with Crippen LogP contribution in [-0.2, 0) is 14.4 Å². The van der Waals surface area contributed by atoms with E-state index >= 15 is 0 Å². The predicted octanol–water partition coefficient (Wildman–Crippen LogP) is 5.83. The molecule has 0 aliphatic heterocycles. The van der Waals surface area contributed by atoms with Crippen LogP contribution in [0.15, 0.2) is 58.1 Å². The van der Waals surface area contributed by atoms with Gasteiger partial charge in [-0.05, 0) is 70.4 Å². The number of methoxy groups -OCH3 is 1. The highest BCUT2D eigenvalue weighted by Crippen LogP contribution is 2.36. The highest BCUT2D eigenvalue weighted by Gasteiger charge is 2.16. The summed E-state index contributed by atoms with van der Waals surface area (Å²) in [6.45, 7) is 1.55. The lowest BCUT2D eigenvalue weighted by Gasteiger charge is -2.14. The summed E-state index contributed by atoms with van der Waals surface area (Å²) < 4.78 is 11.5. The van der Waals surface area contributed by atoms with Crippen LogP contribution >= 0.6 is 50.7 Å². The van der Waals surface area contributed by atoms with E-state index in [4.69, 9.17) is 44.3 Å². The molecule has 3 amide bonds. The van der Waals surface area contributed by atoms with Gasteiger partial charge >= 0.3 is 11.8 Å². The molecule has 0 spiro atoms. The second-order valence-electron chi connectivity index (χ2n) is 7.58. The Morgan fingerprint density at radius 1 is 1.00 bits per heavy atom. The molecule has 0 aromatic heterocycles. The number of benzene rings is 3. The van der Waals surface area contributed by atoms with E-state index in [1.54, 1.807) is 42.5 Å². The van der Waals surface area contributed by atoms with E-state index in [2.05, 4.69) is 37.1 Å². The maximum Gasteiger partial charge on any atom is 0.329 e. The molecule has 3 N–H and O–H groups in total. The SMILES string of the molecule is COc1cc(/C=N\NC(=O)C(=O)Nc2cccc(Cl)c2Cl)cc(Br)c1OCC(=O)Nc1cc(Cl)ccc1C. The van der Waals surface area contributed by atoms with Crippen LogP contribution in [-0.4, -0.2) is 37.7 Å². The van der Waals surface area contributed by atoms with Crippen LogP contribution in [0.2, 0.25) is 15.1 Å². The number of nitrogens with zero attached hydrogens (tertiary/aromatic N) is 1. The molecule has 3 rings (SSSR count). The smallest absolute Gasteiger partial charge is 0.329 e. The van der Waals surface area contributed by atoms with E-state index in [-0.39, 0.29) is 28.1 Å². The first-order valence-electron chi connectivity index (χ1n) is 10.7. The largest absolute Gasteiger partial charge is 0.493 e. The van der Waals surface area contributed by atoms with E-state index in [0.717, 1.165) is 5.56 Å². The number of ether oxygens (including phenoxy) is 2. The maximum atomic E-state index is 12.4. The molecular formula is C25H20BrCl3N4O5. The number of amides is 3. The van der Waals surface area contributed by atoms with Crippen LogP contribution < -0.4 is 25.5 Å². The molecular weight excluding hydrogens is 623 g/mol. The standard InChI is InChI=1S/C25H20BrCl3N4O5/c1-13-6-7-15(27)10-19(13)31-21(34)12-38-23-16(26)8-14(9-20(23)37-2)11-30-33-25(36)24(35)32-18-5-3-4-17(28)22(18)29/h3-11H,12H2,1-2H3,(H,31,34)(H,32,35)(H,33,36)/b30-11-. The van der Waals surface area contributed by atoms with Crippen molar-refractivity contribution >= 4 is 86.0 Å². The molecule has 13 heteroatoms. The summed E-state index contributed by atoms with van der Waals surface area (Å²) in [5, 5.41) is 9.72. The number of rotatable bonds is 8. The zero-order valence-corrected chi connectivity index (χ0v) is 23.8. The Morgan fingerprint density at radius 3 is 2.50 bits per heavy atom. The molecule has 0 saturated carbocycles. The predicted molar refractivity (Wildman–Crippen MR) is 152 cm³/mol. The van der Waals surface area contributed by atoms with Crippen molar-refractivity contribution < 1.29 is 23.9 Å². The monoisotopic (exact) mass is 640 g/mol. The van der Waals surface area contributed by atoms with Crippen molar-refractivity contribution in [2.24, 2.45) is 5.10 Å². The van der Waals surface area contributed by atoms with Gasteiger partial charge in [-0.2, -0.15) is 5.10 Å². The zero-order valence-electron chi connectivity index (χ0n) is 19.9. The lowest BCUT2D eigenvalue weighted by molar-refractivity contribution is -0.136. The normalized spacial score (nSPS) is 10.7. The Morgan fingerprint density at radius 2 is 1.76 bits per heavy atom. The van der Waals surface area contributed by atoms with Crippen molar-refractivity contribution in [1.29, 1.82) is 0 Å². The first kappa shape index (κ1) is 29.2. The number of anilines is 2. The minimum absolute atomic E-state index is 0.107. The van der Waals surface area contributed by atoms with Crippen molar-refractivity contribution in [3.63, 3.8) is 0 Å². The summed E-state index contributed by atoms with van der Waals surface area (Å²) in [6, 6.07) is 13.0. The van der Waals surface area contributed by atoms with Gasteiger partial charge < -0.3 is 20.1 Å². The highest BCUT2D eigenvalue weighted by molar-refractivity contribution is 9.10. The third kappa shape index (κ3) is 7.84. The number of nitrogens with one attached hydrogen (secondary N) is 3. The van der Waals surface area contributed by atoms with Gasteiger partial charge in [0.2, 0.25) is 0 Å².